The van der Waals surface area contributed by atoms with Gasteiger partial charge in [0.05, 0.1) is 18.4 Å². The van der Waals surface area contributed by atoms with Crippen molar-refractivity contribution in [2.24, 2.45) is 0 Å². The molecule has 0 amide bonds. The van der Waals surface area contributed by atoms with Crippen molar-refractivity contribution in [2.75, 3.05) is 26.2 Å². The van der Waals surface area contributed by atoms with E-state index in [-0.39, 0.29) is 0 Å². The summed E-state index contributed by atoms with van der Waals surface area (Å²) in [6.07, 6.45) is 0.351. The third kappa shape index (κ3) is 4.03. The average molecular weight is 255 g/mol. The highest BCUT2D eigenvalue weighted by atomic mass is 32.1. The van der Waals surface area contributed by atoms with Crippen molar-refractivity contribution >= 4 is 11.3 Å². The van der Waals surface area contributed by atoms with E-state index in [4.69, 9.17) is 4.74 Å². The molecule has 5 heteroatoms. The van der Waals surface area contributed by atoms with Crippen molar-refractivity contribution < 1.29 is 4.74 Å². The number of rotatable bonds is 5. The topological polar surface area (TPSA) is 37.4 Å². The maximum Gasteiger partial charge on any atom is 0.107 e. The minimum atomic E-state index is 0.351. The largest absolute Gasteiger partial charge is 0.376 e. The van der Waals surface area contributed by atoms with Crippen LogP contribution in [-0.4, -0.2) is 42.2 Å². The number of hydrogen-bond donors (Lipinski definition) is 1. The molecular weight excluding hydrogens is 234 g/mol. The molecule has 0 aromatic carbocycles. The highest BCUT2D eigenvalue weighted by Gasteiger charge is 2.17. The molecule has 1 N–H and O–H groups in total. The Labute approximate surface area is 107 Å². The number of aromatic nitrogens is 1. The van der Waals surface area contributed by atoms with Gasteiger partial charge in [0.25, 0.3) is 0 Å². The van der Waals surface area contributed by atoms with Gasteiger partial charge in [0.2, 0.25) is 0 Å². The van der Waals surface area contributed by atoms with Gasteiger partial charge in [-0.1, -0.05) is 6.92 Å². The van der Waals surface area contributed by atoms with Crippen molar-refractivity contribution in [3.8, 4) is 0 Å². The summed E-state index contributed by atoms with van der Waals surface area (Å²) in [6, 6.07) is 0. The smallest absolute Gasteiger partial charge is 0.107 e. The summed E-state index contributed by atoms with van der Waals surface area (Å²) in [7, 11) is 0. The van der Waals surface area contributed by atoms with E-state index in [1.807, 2.05) is 0 Å². The van der Waals surface area contributed by atoms with Crippen LogP contribution in [0.1, 0.15) is 24.5 Å². The molecule has 1 fully saturated rings. The fraction of sp³-hybridized carbons (Fsp3) is 0.750. The third-order valence-electron chi connectivity index (χ3n) is 2.84. The molecule has 96 valence electrons. The fourth-order valence-corrected chi connectivity index (χ4v) is 2.75. The van der Waals surface area contributed by atoms with Crippen LogP contribution >= 0.6 is 11.3 Å². The second kappa shape index (κ2) is 6.44. The quantitative estimate of drug-likeness (QED) is 0.864. The maximum atomic E-state index is 5.53. The Balaban J connectivity index is 1.83. The molecule has 1 unspecified atom stereocenters. The standard InChI is InChI=1S/C12H21N3OS/c1-3-13-6-12-14-11(9-17-12)8-15-4-5-16-10(2)7-15/h9-10,13H,3-8H2,1-2H3. The van der Waals surface area contributed by atoms with E-state index in [9.17, 15) is 0 Å². The van der Waals surface area contributed by atoms with Crippen LogP contribution in [-0.2, 0) is 17.8 Å². The molecular formula is C12H21N3OS. The molecule has 1 atom stereocenters. The molecule has 1 saturated heterocycles. The number of nitrogens with one attached hydrogen (secondary N) is 1. The molecule has 2 heterocycles. The maximum absolute atomic E-state index is 5.53. The molecule has 0 aliphatic carbocycles. The van der Waals surface area contributed by atoms with Crippen molar-refractivity contribution in [3.63, 3.8) is 0 Å². The van der Waals surface area contributed by atoms with Gasteiger partial charge in [0.15, 0.2) is 0 Å². The normalized spacial score (nSPS) is 21.9. The summed E-state index contributed by atoms with van der Waals surface area (Å²) in [5.41, 5.74) is 1.19. The predicted molar refractivity (Wildman–Crippen MR) is 70.2 cm³/mol. The van der Waals surface area contributed by atoms with Gasteiger partial charge in [-0.15, -0.1) is 11.3 Å². The van der Waals surface area contributed by atoms with Crippen LogP contribution in [0.25, 0.3) is 0 Å². The molecule has 0 spiro atoms. The van der Waals surface area contributed by atoms with Gasteiger partial charge in [0.1, 0.15) is 5.01 Å². The van der Waals surface area contributed by atoms with Gasteiger partial charge in [-0.25, -0.2) is 4.98 Å². The zero-order valence-corrected chi connectivity index (χ0v) is 11.4. The van der Waals surface area contributed by atoms with Crippen LogP contribution < -0.4 is 5.32 Å². The summed E-state index contributed by atoms with van der Waals surface area (Å²) >= 11 is 1.75. The number of hydrogen-bond acceptors (Lipinski definition) is 5. The Kier molecular flexibility index (Phi) is 4.91. The summed E-state index contributed by atoms with van der Waals surface area (Å²) in [5.74, 6) is 0. The van der Waals surface area contributed by atoms with Crippen LogP contribution in [0.15, 0.2) is 5.38 Å². The minimum absolute atomic E-state index is 0.351. The van der Waals surface area contributed by atoms with Gasteiger partial charge >= 0.3 is 0 Å². The van der Waals surface area contributed by atoms with E-state index >= 15 is 0 Å². The zero-order valence-electron chi connectivity index (χ0n) is 10.6. The third-order valence-corrected chi connectivity index (χ3v) is 3.73. The van der Waals surface area contributed by atoms with E-state index in [0.29, 0.717) is 6.10 Å². The Morgan fingerprint density at radius 2 is 2.53 bits per heavy atom. The molecule has 1 aromatic rings. The molecule has 1 aromatic heterocycles. The first-order chi connectivity index (χ1) is 8.28. The summed E-state index contributed by atoms with van der Waals surface area (Å²) < 4.78 is 5.53. The van der Waals surface area contributed by atoms with Gasteiger partial charge in [-0.3, -0.25) is 4.90 Å². The van der Waals surface area contributed by atoms with Crippen molar-refractivity contribution in [2.45, 2.75) is 33.0 Å². The first-order valence-corrected chi connectivity index (χ1v) is 7.14. The lowest BCUT2D eigenvalue weighted by molar-refractivity contribution is -0.0215. The van der Waals surface area contributed by atoms with E-state index in [1.54, 1.807) is 11.3 Å². The molecule has 1 aliphatic rings. The lowest BCUT2D eigenvalue weighted by atomic mass is 10.3. The van der Waals surface area contributed by atoms with Gasteiger partial charge in [-0.2, -0.15) is 0 Å². The van der Waals surface area contributed by atoms with Gasteiger partial charge in [0, 0.05) is 31.6 Å². The second-order valence-electron chi connectivity index (χ2n) is 4.43. The molecule has 0 bridgehead atoms. The molecule has 17 heavy (non-hydrogen) atoms. The number of ether oxygens (including phenoxy) is 1. The summed E-state index contributed by atoms with van der Waals surface area (Å²) in [5, 5.41) is 6.66. The second-order valence-corrected chi connectivity index (χ2v) is 5.37. The highest BCUT2D eigenvalue weighted by Crippen LogP contribution is 2.13. The number of nitrogens with zero attached hydrogens (tertiary/aromatic N) is 2. The average Bonchev–Trinajstić information content (AvgIpc) is 2.74. The lowest BCUT2D eigenvalue weighted by Crippen LogP contribution is -2.40. The molecule has 2 rings (SSSR count). The Hall–Kier alpha value is -0.490. The van der Waals surface area contributed by atoms with Gasteiger partial charge in [-0.05, 0) is 13.5 Å². The molecule has 0 radical (unpaired) electrons. The van der Waals surface area contributed by atoms with Crippen LogP contribution in [0.2, 0.25) is 0 Å². The molecule has 1 aliphatic heterocycles. The van der Waals surface area contributed by atoms with E-state index in [0.717, 1.165) is 39.3 Å². The summed E-state index contributed by atoms with van der Waals surface area (Å²) in [6.45, 7) is 9.96. The Morgan fingerprint density at radius 1 is 1.65 bits per heavy atom. The van der Waals surface area contributed by atoms with Crippen molar-refractivity contribution in [1.29, 1.82) is 0 Å². The summed E-state index contributed by atoms with van der Waals surface area (Å²) in [4.78, 5) is 7.06. The number of thiazole rings is 1. The first kappa shape index (κ1) is 13.0. The SMILES string of the molecule is CCNCc1nc(CN2CCOC(C)C2)cs1. The molecule has 0 saturated carbocycles. The van der Waals surface area contributed by atoms with Crippen LogP contribution in [0.4, 0.5) is 0 Å². The number of morpholine rings is 1. The van der Waals surface area contributed by atoms with Crippen molar-refractivity contribution in [3.05, 3.63) is 16.1 Å². The Bertz CT molecular complexity index is 342. The highest BCUT2D eigenvalue weighted by molar-refractivity contribution is 7.09. The van der Waals surface area contributed by atoms with E-state index < -0.39 is 0 Å². The minimum Gasteiger partial charge on any atom is -0.376 e. The zero-order chi connectivity index (χ0) is 12.1. The fourth-order valence-electron chi connectivity index (χ4n) is 2.00. The molecule has 4 nitrogen and oxygen atoms in total. The van der Waals surface area contributed by atoms with Crippen LogP contribution in [0, 0.1) is 0 Å². The van der Waals surface area contributed by atoms with Gasteiger partial charge < -0.3 is 10.1 Å². The first-order valence-electron chi connectivity index (χ1n) is 6.26. The van der Waals surface area contributed by atoms with Crippen LogP contribution in [0.3, 0.4) is 0 Å². The van der Waals surface area contributed by atoms with E-state index in [1.165, 1.54) is 10.7 Å². The van der Waals surface area contributed by atoms with Crippen LogP contribution in [0.5, 0.6) is 0 Å². The monoisotopic (exact) mass is 255 g/mol. The van der Waals surface area contributed by atoms with E-state index in [2.05, 4.69) is 34.4 Å². The van der Waals surface area contributed by atoms with Crippen molar-refractivity contribution in [1.82, 2.24) is 15.2 Å². The lowest BCUT2D eigenvalue weighted by Gasteiger charge is -2.30. The Morgan fingerprint density at radius 3 is 3.29 bits per heavy atom. The predicted octanol–water partition coefficient (Wildman–Crippen LogP) is 1.47.